The van der Waals surface area contributed by atoms with E-state index in [0.717, 1.165) is 45.6 Å². The molecule has 0 saturated heterocycles. The number of para-hydroxylation sites is 1. The molecule has 0 amide bonds. The number of hydrogen-bond acceptors (Lipinski definition) is 6. The molecule has 5 rings (SSSR count). The van der Waals surface area contributed by atoms with E-state index in [9.17, 15) is 5.11 Å². The summed E-state index contributed by atoms with van der Waals surface area (Å²) in [6.07, 6.45) is 2.59. The van der Waals surface area contributed by atoms with Crippen molar-refractivity contribution in [3.63, 3.8) is 0 Å². The van der Waals surface area contributed by atoms with Crippen LogP contribution in [0.5, 0.6) is 5.75 Å². The number of rotatable bonds is 9. The van der Waals surface area contributed by atoms with Crippen LogP contribution in [0.25, 0.3) is 10.9 Å². The summed E-state index contributed by atoms with van der Waals surface area (Å²) in [4.78, 5) is 11.7. The molecule has 3 heterocycles. The molecule has 8 heteroatoms. The molecule has 7 nitrogen and oxygen atoms in total. The lowest BCUT2D eigenvalue weighted by Crippen LogP contribution is -2.27. The van der Waals surface area contributed by atoms with E-state index in [1.54, 1.807) is 18.5 Å². The van der Waals surface area contributed by atoms with Gasteiger partial charge in [-0.3, -0.25) is 14.9 Å². The van der Waals surface area contributed by atoms with Gasteiger partial charge in [0.25, 0.3) is 0 Å². The molecule has 3 aromatic heterocycles. The number of hydrogen-bond donors (Lipinski definition) is 1. The minimum Gasteiger partial charge on any atom is -0.506 e. The lowest BCUT2D eigenvalue weighted by molar-refractivity contribution is 0.247. The predicted molar refractivity (Wildman–Crippen MR) is 143 cm³/mol. The number of aromatic nitrogens is 5. The maximum Gasteiger partial charge on any atom is 0.147 e. The van der Waals surface area contributed by atoms with Crippen LogP contribution < -0.4 is 0 Å². The van der Waals surface area contributed by atoms with Gasteiger partial charge in [-0.25, -0.2) is 0 Å². The highest BCUT2D eigenvalue weighted by atomic mass is 79.9. The van der Waals surface area contributed by atoms with E-state index in [-0.39, 0.29) is 5.75 Å². The Balaban J connectivity index is 1.37. The third kappa shape index (κ3) is 5.95. The first-order valence-corrected chi connectivity index (χ1v) is 12.7. The van der Waals surface area contributed by atoms with Gasteiger partial charge in [0.1, 0.15) is 23.6 Å². The van der Waals surface area contributed by atoms with E-state index in [2.05, 4.69) is 78.5 Å². The van der Waals surface area contributed by atoms with Gasteiger partial charge in [-0.2, -0.15) is 0 Å². The maximum atomic E-state index is 10.3. The Hall–Kier alpha value is -3.62. The van der Waals surface area contributed by atoms with Crippen molar-refractivity contribution in [3.8, 4) is 5.75 Å². The number of nitrogens with zero attached hydrogens (tertiary/aromatic N) is 6. The van der Waals surface area contributed by atoms with Crippen molar-refractivity contribution >= 4 is 26.8 Å². The zero-order valence-electron chi connectivity index (χ0n) is 20.0. The van der Waals surface area contributed by atoms with Crippen molar-refractivity contribution in [1.29, 1.82) is 0 Å². The molecule has 0 radical (unpaired) electrons. The molecule has 0 aliphatic rings. The molecular weight excluding hydrogens is 516 g/mol. The number of fused-ring (bicyclic) bond motifs is 1. The van der Waals surface area contributed by atoms with Crippen molar-refractivity contribution in [1.82, 2.24) is 29.6 Å². The quantitative estimate of drug-likeness (QED) is 0.272. The fourth-order valence-electron chi connectivity index (χ4n) is 4.19. The molecule has 182 valence electrons. The summed E-state index contributed by atoms with van der Waals surface area (Å²) in [5.41, 5.74) is 4.73. The van der Waals surface area contributed by atoms with Gasteiger partial charge in [0.2, 0.25) is 0 Å². The van der Waals surface area contributed by atoms with Crippen LogP contribution in [0.15, 0.2) is 83.6 Å². The third-order valence-electron chi connectivity index (χ3n) is 6.14. The Bertz CT molecular complexity index is 1470. The SMILES string of the molecule is Cc1ccc(O)c(Cn2cnnc2CN(CCc2ccc(Br)cc2)Cc2ccc3ccccc3n2)n1. The Morgan fingerprint density at radius 2 is 1.75 bits per heavy atom. The van der Waals surface area contributed by atoms with Gasteiger partial charge in [0, 0.05) is 28.6 Å². The highest BCUT2D eigenvalue weighted by Crippen LogP contribution is 2.19. The zero-order valence-corrected chi connectivity index (χ0v) is 21.6. The van der Waals surface area contributed by atoms with Crippen LogP contribution in [-0.4, -0.2) is 41.3 Å². The lowest BCUT2D eigenvalue weighted by atomic mass is 10.1. The molecular formula is C28H27BrN6O. The van der Waals surface area contributed by atoms with Gasteiger partial charge < -0.3 is 9.67 Å². The second kappa shape index (κ2) is 11.0. The van der Waals surface area contributed by atoms with Crippen molar-refractivity contribution in [3.05, 3.63) is 112 Å². The lowest BCUT2D eigenvalue weighted by Gasteiger charge is -2.22. The highest BCUT2D eigenvalue weighted by Gasteiger charge is 2.15. The van der Waals surface area contributed by atoms with Crippen LogP contribution in [0.1, 0.15) is 28.5 Å². The zero-order chi connectivity index (χ0) is 24.9. The van der Waals surface area contributed by atoms with E-state index in [0.29, 0.717) is 25.3 Å². The van der Waals surface area contributed by atoms with Crippen LogP contribution in [0.3, 0.4) is 0 Å². The number of halogens is 1. The van der Waals surface area contributed by atoms with Crippen molar-refractivity contribution in [2.75, 3.05) is 6.54 Å². The van der Waals surface area contributed by atoms with Crippen LogP contribution in [0, 0.1) is 6.92 Å². The Kier molecular flexibility index (Phi) is 7.34. The van der Waals surface area contributed by atoms with E-state index in [4.69, 9.17) is 4.98 Å². The molecule has 0 aliphatic heterocycles. The summed E-state index contributed by atoms with van der Waals surface area (Å²) >= 11 is 3.51. The van der Waals surface area contributed by atoms with Crippen LogP contribution in [-0.2, 0) is 26.1 Å². The van der Waals surface area contributed by atoms with Crippen LogP contribution in [0.2, 0.25) is 0 Å². The van der Waals surface area contributed by atoms with Gasteiger partial charge in [-0.1, -0.05) is 52.3 Å². The molecule has 0 spiro atoms. The number of aromatic hydroxyl groups is 1. The smallest absolute Gasteiger partial charge is 0.147 e. The van der Waals surface area contributed by atoms with E-state index < -0.39 is 0 Å². The maximum absolute atomic E-state index is 10.3. The monoisotopic (exact) mass is 542 g/mol. The summed E-state index contributed by atoms with van der Waals surface area (Å²) in [6, 6.07) is 24.3. The normalized spacial score (nSPS) is 11.4. The fourth-order valence-corrected chi connectivity index (χ4v) is 4.46. The molecule has 0 unspecified atom stereocenters. The molecule has 0 atom stereocenters. The average molecular weight is 543 g/mol. The minimum absolute atomic E-state index is 0.174. The molecule has 36 heavy (non-hydrogen) atoms. The highest BCUT2D eigenvalue weighted by molar-refractivity contribution is 9.10. The molecule has 2 aromatic carbocycles. The van der Waals surface area contributed by atoms with Crippen molar-refractivity contribution < 1.29 is 5.11 Å². The van der Waals surface area contributed by atoms with Crippen molar-refractivity contribution in [2.24, 2.45) is 0 Å². The predicted octanol–water partition coefficient (Wildman–Crippen LogP) is 5.29. The van der Waals surface area contributed by atoms with Gasteiger partial charge in [-0.05, 0) is 55.3 Å². The van der Waals surface area contributed by atoms with Gasteiger partial charge >= 0.3 is 0 Å². The fraction of sp³-hybridized carbons (Fsp3) is 0.214. The first kappa shape index (κ1) is 24.1. The number of benzene rings is 2. The molecule has 0 saturated carbocycles. The van der Waals surface area contributed by atoms with E-state index in [1.807, 2.05) is 29.7 Å². The number of aryl methyl sites for hydroxylation is 1. The van der Waals surface area contributed by atoms with Crippen LogP contribution >= 0.6 is 15.9 Å². The topological polar surface area (TPSA) is 80.0 Å². The Morgan fingerprint density at radius 1 is 0.917 bits per heavy atom. The van der Waals surface area contributed by atoms with E-state index >= 15 is 0 Å². The molecule has 5 aromatic rings. The van der Waals surface area contributed by atoms with Gasteiger partial charge in [0.05, 0.1) is 24.3 Å². The summed E-state index contributed by atoms with van der Waals surface area (Å²) in [5, 5.41) is 20.0. The van der Waals surface area contributed by atoms with Gasteiger partial charge in [0.15, 0.2) is 0 Å². The summed E-state index contributed by atoms with van der Waals surface area (Å²) in [6.45, 7) is 4.43. The Morgan fingerprint density at radius 3 is 2.61 bits per heavy atom. The first-order chi connectivity index (χ1) is 17.5. The molecule has 0 aliphatic carbocycles. The minimum atomic E-state index is 0.174. The van der Waals surface area contributed by atoms with Gasteiger partial charge in [-0.15, -0.1) is 10.2 Å². The second-order valence-corrected chi connectivity index (χ2v) is 9.79. The third-order valence-corrected chi connectivity index (χ3v) is 6.67. The van der Waals surface area contributed by atoms with E-state index in [1.165, 1.54) is 5.56 Å². The number of pyridine rings is 2. The van der Waals surface area contributed by atoms with Crippen molar-refractivity contribution in [2.45, 2.75) is 33.0 Å². The standard InChI is InChI=1S/C28H27BrN6O/c1-20-6-13-27(36)26(31-20)17-35-19-30-33-28(35)18-34(15-14-21-7-10-23(29)11-8-21)16-24-12-9-22-4-2-3-5-25(22)32-24/h2-13,19,36H,14-18H2,1H3. The Labute approximate surface area is 218 Å². The average Bonchev–Trinajstić information content (AvgIpc) is 3.32. The summed E-state index contributed by atoms with van der Waals surface area (Å²) in [5.74, 6) is 0.988. The summed E-state index contributed by atoms with van der Waals surface area (Å²) in [7, 11) is 0. The van der Waals surface area contributed by atoms with Crippen LogP contribution in [0.4, 0.5) is 0 Å². The summed E-state index contributed by atoms with van der Waals surface area (Å²) < 4.78 is 3.02. The second-order valence-electron chi connectivity index (χ2n) is 8.88. The molecule has 0 bridgehead atoms. The largest absolute Gasteiger partial charge is 0.506 e. The molecule has 1 N–H and O–H groups in total. The molecule has 0 fully saturated rings. The first-order valence-electron chi connectivity index (χ1n) is 11.9.